The van der Waals surface area contributed by atoms with Gasteiger partial charge in [0.2, 0.25) is 5.13 Å². The van der Waals surface area contributed by atoms with Crippen molar-refractivity contribution in [2.75, 3.05) is 0 Å². The lowest BCUT2D eigenvalue weighted by molar-refractivity contribution is -0.134. The Kier molecular flexibility index (Phi) is 7.42. The van der Waals surface area contributed by atoms with Gasteiger partial charge >= 0.3 is 0 Å². The van der Waals surface area contributed by atoms with Crippen molar-refractivity contribution < 1.29 is 14.3 Å². The Balaban J connectivity index is 0.000000747. The Labute approximate surface area is 216 Å². The number of carboxylic acid groups (broad SMARTS) is 1. The van der Waals surface area contributed by atoms with Gasteiger partial charge in [-0.2, -0.15) is 5.26 Å². The molecule has 0 amide bonds. The molecule has 1 aromatic carbocycles. The zero-order chi connectivity index (χ0) is 26.7. The first-order valence-corrected chi connectivity index (χ1v) is 12.4. The van der Waals surface area contributed by atoms with Crippen LogP contribution in [-0.2, 0) is 10.5 Å². The maximum atomic E-state index is 13.1. The van der Waals surface area contributed by atoms with Crippen molar-refractivity contribution in [1.29, 1.82) is 5.26 Å². The molecule has 0 spiro atoms. The highest BCUT2D eigenvalue weighted by Gasteiger charge is 2.19. The van der Waals surface area contributed by atoms with Crippen molar-refractivity contribution in [3.05, 3.63) is 91.9 Å². The maximum Gasteiger partial charge on any atom is 0.300 e. The van der Waals surface area contributed by atoms with Crippen LogP contribution in [0.2, 0.25) is 0 Å². The van der Waals surface area contributed by atoms with Crippen LogP contribution in [0.25, 0.3) is 21.8 Å². The van der Waals surface area contributed by atoms with Crippen LogP contribution in [0.4, 0.5) is 4.39 Å². The molecule has 4 aromatic heterocycles. The van der Waals surface area contributed by atoms with Gasteiger partial charge in [0, 0.05) is 18.9 Å². The molecule has 5 aromatic rings. The van der Waals surface area contributed by atoms with Crippen LogP contribution in [0.15, 0.2) is 62.6 Å². The third-order valence-electron chi connectivity index (χ3n) is 4.98. The predicted molar refractivity (Wildman–Crippen MR) is 137 cm³/mol. The fourth-order valence-corrected chi connectivity index (χ4v) is 5.15. The van der Waals surface area contributed by atoms with E-state index < -0.39 is 11.5 Å². The monoisotopic (exact) mass is 536 g/mol. The molecule has 0 bridgehead atoms. The topological polar surface area (TPSA) is 143 Å². The minimum absolute atomic E-state index is 0.115. The van der Waals surface area contributed by atoms with Crippen molar-refractivity contribution in [2.45, 2.75) is 23.9 Å². The molecular weight excluding hydrogens is 519 g/mol. The number of fused-ring (bicyclic) bond motifs is 2. The quantitative estimate of drug-likeness (QED) is 0.269. The molecule has 5 rings (SSSR count). The molecule has 0 saturated heterocycles. The number of hydrogen-bond donors (Lipinski definition) is 1. The molecule has 1 N–H and O–H groups in total. The number of nitrogens with zero attached hydrogens (tertiary/aromatic N) is 6. The van der Waals surface area contributed by atoms with Gasteiger partial charge in [-0.15, -0.1) is 10.2 Å². The van der Waals surface area contributed by atoms with Crippen molar-refractivity contribution in [3.8, 4) is 11.2 Å². The number of aromatic nitrogens is 5. The van der Waals surface area contributed by atoms with E-state index in [9.17, 15) is 19.2 Å². The molecule has 10 nitrogen and oxygen atoms in total. The Bertz CT molecular complexity index is 1800. The zero-order valence-electron chi connectivity index (χ0n) is 19.4. The van der Waals surface area contributed by atoms with Crippen LogP contribution >= 0.6 is 23.1 Å². The lowest BCUT2D eigenvalue weighted by Crippen LogP contribution is -2.26. The summed E-state index contributed by atoms with van der Waals surface area (Å²) in [5.74, 6) is -0.608. The van der Waals surface area contributed by atoms with E-state index in [1.54, 1.807) is 24.4 Å². The number of aliphatic carboxylic acids is 1. The third kappa shape index (κ3) is 5.40. The number of rotatable bonds is 4. The smallest absolute Gasteiger partial charge is 0.300 e. The summed E-state index contributed by atoms with van der Waals surface area (Å²) in [6.07, 6.45) is 1.59. The molecule has 0 fully saturated rings. The molecule has 0 unspecified atom stereocenters. The maximum absolute atomic E-state index is 13.1. The molecule has 4 heterocycles. The third-order valence-corrected chi connectivity index (χ3v) is 7.09. The van der Waals surface area contributed by atoms with E-state index in [0.29, 0.717) is 15.7 Å². The summed E-state index contributed by atoms with van der Waals surface area (Å²) >= 11 is 2.52. The van der Waals surface area contributed by atoms with Crippen LogP contribution in [0.3, 0.4) is 0 Å². The fraction of sp³-hybridized carbons (Fsp3) is 0.125. The molecular formula is C24H17FN6O4S2. The molecule has 186 valence electrons. The summed E-state index contributed by atoms with van der Waals surface area (Å²) in [5, 5.41) is 25.5. The average Bonchev–Trinajstić information content (AvgIpc) is 3.32. The number of pyridine rings is 2. The van der Waals surface area contributed by atoms with Crippen molar-refractivity contribution in [2.24, 2.45) is 0 Å². The first kappa shape index (κ1) is 25.7. The second-order valence-electron chi connectivity index (χ2n) is 7.63. The van der Waals surface area contributed by atoms with Gasteiger partial charge in [0.25, 0.3) is 17.1 Å². The van der Waals surface area contributed by atoms with Gasteiger partial charge < -0.3 is 5.11 Å². The molecule has 0 aliphatic rings. The number of carbonyl (C=O) groups is 1. The molecule has 0 radical (unpaired) electrons. The molecule has 0 atom stereocenters. The lowest BCUT2D eigenvalue weighted by Gasteiger charge is -2.09. The highest BCUT2D eigenvalue weighted by Crippen LogP contribution is 2.28. The summed E-state index contributed by atoms with van der Waals surface area (Å²) < 4.78 is 16.2. The molecule has 0 aliphatic carbocycles. The summed E-state index contributed by atoms with van der Waals surface area (Å²) in [6, 6.07) is 12.8. The van der Waals surface area contributed by atoms with Gasteiger partial charge in [0.1, 0.15) is 23.1 Å². The number of hydrogen-bond acceptors (Lipinski definition) is 9. The Morgan fingerprint density at radius 1 is 1.16 bits per heavy atom. The average molecular weight is 537 g/mol. The van der Waals surface area contributed by atoms with Crippen LogP contribution in [0.1, 0.15) is 23.6 Å². The van der Waals surface area contributed by atoms with Gasteiger partial charge in [0.05, 0.1) is 5.39 Å². The summed E-state index contributed by atoms with van der Waals surface area (Å²) in [7, 11) is 0. The minimum Gasteiger partial charge on any atom is -0.481 e. The van der Waals surface area contributed by atoms with Crippen molar-refractivity contribution >= 4 is 45.7 Å². The van der Waals surface area contributed by atoms with E-state index in [2.05, 4.69) is 15.2 Å². The normalized spacial score (nSPS) is 10.6. The van der Waals surface area contributed by atoms with Crippen LogP contribution in [0, 0.1) is 24.1 Å². The van der Waals surface area contributed by atoms with Crippen molar-refractivity contribution in [3.63, 3.8) is 0 Å². The van der Waals surface area contributed by atoms with Crippen LogP contribution < -0.4 is 11.1 Å². The highest BCUT2D eigenvalue weighted by atomic mass is 32.2. The highest BCUT2D eigenvalue weighted by molar-refractivity contribution is 8.00. The van der Waals surface area contributed by atoms with E-state index >= 15 is 0 Å². The minimum atomic E-state index is -0.833. The van der Waals surface area contributed by atoms with Gasteiger partial charge in [-0.25, -0.2) is 13.9 Å². The molecule has 37 heavy (non-hydrogen) atoms. The van der Waals surface area contributed by atoms with E-state index in [1.807, 2.05) is 19.1 Å². The van der Waals surface area contributed by atoms with Gasteiger partial charge in [-0.05, 0) is 42.3 Å². The Morgan fingerprint density at radius 2 is 1.86 bits per heavy atom. The SMILES string of the molecule is CC(=O)O.Cc1cccn2c(=O)c3cc(C#N)c(=O)n(-c4nnc(SCc5ccc(F)cc5)s4)c3nc12. The van der Waals surface area contributed by atoms with Crippen molar-refractivity contribution in [1.82, 2.24) is 24.1 Å². The van der Waals surface area contributed by atoms with Gasteiger partial charge in [0.15, 0.2) is 9.99 Å². The fourth-order valence-electron chi connectivity index (χ4n) is 3.35. The summed E-state index contributed by atoms with van der Waals surface area (Å²) in [5.41, 5.74) is 0.981. The zero-order valence-corrected chi connectivity index (χ0v) is 21.0. The van der Waals surface area contributed by atoms with Gasteiger partial charge in [-0.3, -0.25) is 18.8 Å². The standard InChI is InChI=1S/C22H13FN6O2S2.C2H4O2/c1-12-3-2-8-28-17(12)25-18-16(20(28)31)9-14(10-24)19(30)29(18)21-26-27-22(33-21)32-11-13-4-6-15(23)7-5-13;1-2(3)4/h2-9H,11H2,1H3;1H3,(H,3,4). The van der Waals surface area contributed by atoms with E-state index in [1.165, 1.54) is 38.9 Å². The van der Waals surface area contributed by atoms with E-state index in [4.69, 9.17) is 9.90 Å². The van der Waals surface area contributed by atoms with Gasteiger partial charge in [-0.1, -0.05) is 41.3 Å². The molecule has 0 aliphatic heterocycles. The number of halogens is 1. The lowest BCUT2D eigenvalue weighted by atomic mass is 10.2. The van der Waals surface area contributed by atoms with E-state index in [0.717, 1.165) is 29.4 Å². The Hall–Kier alpha value is -4.41. The molecule has 13 heteroatoms. The predicted octanol–water partition coefficient (Wildman–Crippen LogP) is 3.55. The first-order chi connectivity index (χ1) is 17.7. The first-order valence-electron chi connectivity index (χ1n) is 10.6. The van der Waals surface area contributed by atoms with Crippen LogP contribution in [0.5, 0.6) is 0 Å². The number of nitriles is 1. The number of aryl methyl sites for hydroxylation is 1. The number of carboxylic acids is 1. The second-order valence-corrected chi connectivity index (χ2v) is 9.81. The summed E-state index contributed by atoms with van der Waals surface area (Å²) in [4.78, 5) is 39.8. The summed E-state index contributed by atoms with van der Waals surface area (Å²) in [6.45, 7) is 2.90. The Morgan fingerprint density at radius 3 is 2.54 bits per heavy atom. The number of thioether (sulfide) groups is 1. The van der Waals surface area contributed by atoms with E-state index in [-0.39, 0.29) is 33.1 Å². The van der Waals surface area contributed by atoms with Crippen LogP contribution in [-0.4, -0.2) is 35.2 Å². The second kappa shape index (κ2) is 10.7. The molecule has 0 saturated carbocycles. The number of benzene rings is 1. The largest absolute Gasteiger partial charge is 0.481 e.